The van der Waals surface area contributed by atoms with Gasteiger partial charge in [-0.15, -0.1) is 11.8 Å². The van der Waals surface area contributed by atoms with Gasteiger partial charge in [-0.05, 0) is 31.9 Å². The molecule has 2 N–H and O–H groups in total. The molecule has 94 valence electrons. The summed E-state index contributed by atoms with van der Waals surface area (Å²) in [7, 11) is 1.71. The molecule has 0 amide bonds. The Kier molecular flexibility index (Phi) is 4.35. The predicted octanol–water partition coefficient (Wildman–Crippen LogP) is 3.75. The van der Waals surface area contributed by atoms with Crippen LogP contribution in [-0.4, -0.2) is 12.4 Å². The van der Waals surface area contributed by atoms with Gasteiger partial charge in [-0.1, -0.05) is 18.9 Å². The summed E-state index contributed by atoms with van der Waals surface area (Å²) in [6, 6.07) is 6.25. The van der Waals surface area contributed by atoms with Gasteiger partial charge in [-0.3, -0.25) is 0 Å². The molecule has 2 rings (SSSR count). The molecule has 1 saturated carbocycles. The van der Waals surface area contributed by atoms with E-state index < -0.39 is 0 Å². The lowest BCUT2D eigenvalue weighted by Gasteiger charge is -2.18. The zero-order valence-electron chi connectivity index (χ0n) is 10.6. The number of hydrogen-bond donors (Lipinski definition) is 1. The van der Waals surface area contributed by atoms with E-state index in [-0.39, 0.29) is 6.04 Å². The van der Waals surface area contributed by atoms with Crippen LogP contribution in [0.3, 0.4) is 0 Å². The van der Waals surface area contributed by atoms with Crippen molar-refractivity contribution in [3.8, 4) is 5.75 Å². The van der Waals surface area contributed by atoms with Crippen LogP contribution in [0.2, 0.25) is 0 Å². The number of thioether (sulfide) groups is 1. The summed E-state index contributed by atoms with van der Waals surface area (Å²) in [5.41, 5.74) is 7.23. The average Bonchev–Trinajstić information content (AvgIpc) is 2.81. The van der Waals surface area contributed by atoms with Crippen molar-refractivity contribution < 1.29 is 4.74 Å². The van der Waals surface area contributed by atoms with Gasteiger partial charge in [-0.25, -0.2) is 0 Å². The summed E-state index contributed by atoms with van der Waals surface area (Å²) in [6.07, 6.45) is 5.41. The number of benzene rings is 1. The highest BCUT2D eigenvalue weighted by atomic mass is 32.2. The molecule has 0 spiro atoms. The van der Waals surface area contributed by atoms with Gasteiger partial charge in [0.05, 0.1) is 7.11 Å². The maximum atomic E-state index is 6.07. The molecule has 1 aromatic carbocycles. The van der Waals surface area contributed by atoms with Gasteiger partial charge in [0.1, 0.15) is 5.75 Å². The van der Waals surface area contributed by atoms with Crippen LogP contribution in [-0.2, 0) is 0 Å². The van der Waals surface area contributed by atoms with Gasteiger partial charge < -0.3 is 10.5 Å². The van der Waals surface area contributed by atoms with Crippen molar-refractivity contribution in [1.29, 1.82) is 0 Å². The third-order valence-corrected chi connectivity index (χ3v) is 4.71. The zero-order chi connectivity index (χ0) is 12.3. The fraction of sp³-hybridized carbons (Fsp3) is 0.571. The molecule has 0 saturated heterocycles. The van der Waals surface area contributed by atoms with Crippen LogP contribution in [0.5, 0.6) is 5.75 Å². The van der Waals surface area contributed by atoms with Gasteiger partial charge in [0, 0.05) is 21.8 Å². The maximum Gasteiger partial charge on any atom is 0.124 e. The first kappa shape index (κ1) is 12.8. The zero-order valence-corrected chi connectivity index (χ0v) is 11.4. The van der Waals surface area contributed by atoms with Gasteiger partial charge >= 0.3 is 0 Å². The fourth-order valence-corrected chi connectivity index (χ4v) is 3.94. The average molecular weight is 251 g/mol. The molecule has 0 radical (unpaired) electrons. The Balaban J connectivity index is 2.25. The summed E-state index contributed by atoms with van der Waals surface area (Å²) in [5, 5.41) is 0.764. The molecule has 2 nitrogen and oxygen atoms in total. The first-order valence-electron chi connectivity index (χ1n) is 6.31. The molecule has 1 aliphatic carbocycles. The minimum absolute atomic E-state index is 0.0232. The molecule has 0 bridgehead atoms. The quantitative estimate of drug-likeness (QED) is 0.885. The van der Waals surface area contributed by atoms with Gasteiger partial charge in [0.25, 0.3) is 0 Å². The second kappa shape index (κ2) is 5.78. The van der Waals surface area contributed by atoms with Crippen LogP contribution in [0, 0.1) is 0 Å². The minimum atomic E-state index is 0.0232. The van der Waals surface area contributed by atoms with Crippen LogP contribution in [0.1, 0.15) is 44.2 Å². The Bertz CT molecular complexity index is 372. The lowest BCUT2D eigenvalue weighted by Crippen LogP contribution is -2.09. The monoisotopic (exact) mass is 251 g/mol. The second-order valence-electron chi connectivity index (χ2n) is 4.69. The van der Waals surface area contributed by atoms with E-state index in [1.165, 1.54) is 30.6 Å². The molecule has 1 aromatic rings. The normalized spacial score (nSPS) is 18.3. The largest absolute Gasteiger partial charge is 0.496 e. The standard InChI is InChI=1S/C14H21NOS/c1-10(15)14-12(16-2)8-5-9-13(14)17-11-6-3-4-7-11/h5,8-11H,3-4,6-7,15H2,1-2H3. The lowest BCUT2D eigenvalue weighted by molar-refractivity contribution is 0.405. The van der Waals surface area contributed by atoms with Crippen LogP contribution in [0.4, 0.5) is 0 Å². The maximum absolute atomic E-state index is 6.07. The molecule has 3 heteroatoms. The summed E-state index contributed by atoms with van der Waals surface area (Å²) in [6.45, 7) is 2.02. The molecular formula is C14H21NOS. The van der Waals surface area contributed by atoms with Crippen molar-refractivity contribution in [3.05, 3.63) is 23.8 Å². The first-order chi connectivity index (χ1) is 8.22. The smallest absolute Gasteiger partial charge is 0.124 e. The molecule has 1 aliphatic rings. The molecule has 0 aliphatic heterocycles. The second-order valence-corrected chi connectivity index (χ2v) is 6.03. The van der Waals surface area contributed by atoms with Crippen molar-refractivity contribution in [2.24, 2.45) is 5.73 Å². The van der Waals surface area contributed by atoms with E-state index in [1.807, 2.05) is 24.8 Å². The summed E-state index contributed by atoms with van der Waals surface area (Å²) in [4.78, 5) is 1.30. The fourth-order valence-electron chi connectivity index (χ4n) is 2.44. The lowest BCUT2D eigenvalue weighted by atomic mass is 10.1. The molecule has 0 aromatic heterocycles. The summed E-state index contributed by atoms with van der Waals surface area (Å²) in [5.74, 6) is 0.919. The Labute approximate surface area is 108 Å². The first-order valence-corrected chi connectivity index (χ1v) is 7.19. The summed E-state index contributed by atoms with van der Waals surface area (Å²) < 4.78 is 5.42. The van der Waals surface area contributed by atoms with Crippen molar-refractivity contribution in [2.45, 2.75) is 48.8 Å². The predicted molar refractivity (Wildman–Crippen MR) is 73.7 cm³/mol. The minimum Gasteiger partial charge on any atom is -0.496 e. The Morgan fingerprint density at radius 1 is 1.35 bits per heavy atom. The highest BCUT2D eigenvalue weighted by molar-refractivity contribution is 8.00. The molecule has 1 atom stereocenters. The van der Waals surface area contributed by atoms with E-state index in [0.717, 1.165) is 16.6 Å². The van der Waals surface area contributed by atoms with Crippen molar-refractivity contribution >= 4 is 11.8 Å². The SMILES string of the molecule is COc1cccc(SC2CCCC2)c1C(C)N. The van der Waals surface area contributed by atoms with E-state index in [4.69, 9.17) is 10.5 Å². The highest BCUT2D eigenvalue weighted by Crippen LogP contribution is 2.40. The van der Waals surface area contributed by atoms with Gasteiger partial charge in [0.2, 0.25) is 0 Å². The summed E-state index contributed by atoms with van der Waals surface area (Å²) >= 11 is 1.98. The Morgan fingerprint density at radius 3 is 2.65 bits per heavy atom. The van der Waals surface area contributed by atoms with Crippen molar-refractivity contribution in [2.75, 3.05) is 7.11 Å². The van der Waals surface area contributed by atoms with Crippen LogP contribution in [0.15, 0.2) is 23.1 Å². The van der Waals surface area contributed by atoms with E-state index >= 15 is 0 Å². The molecule has 0 heterocycles. The van der Waals surface area contributed by atoms with E-state index in [0.29, 0.717) is 0 Å². The number of hydrogen-bond acceptors (Lipinski definition) is 3. The number of rotatable bonds is 4. The topological polar surface area (TPSA) is 35.2 Å². The van der Waals surface area contributed by atoms with Gasteiger partial charge in [0.15, 0.2) is 0 Å². The van der Waals surface area contributed by atoms with Crippen LogP contribution in [0.25, 0.3) is 0 Å². The van der Waals surface area contributed by atoms with Crippen molar-refractivity contribution in [3.63, 3.8) is 0 Å². The Hall–Kier alpha value is -0.670. The third kappa shape index (κ3) is 2.96. The molecular weight excluding hydrogens is 230 g/mol. The highest BCUT2D eigenvalue weighted by Gasteiger charge is 2.20. The number of methoxy groups -OCH3 is 1. The molecule has 17 heavy (non-hydrogen) atoms. The van der Waals surface area contributed by atoms with E-state index in [1.54, 1.807) is 7.11 Å². The van der Waals surface area contributed by atoms with Gasteiger partial charge in [-0.2, -0.15) is 0 Å². The van der Waals surface area contributed by atoms with E-state index in [2.05, 4.69) is 12.1 Å². The van der Waals surface area contributed by atoms with Crippen LogP contribution < -0.4 is 10.5 Å². The Morgan fingerprint density at radius 2 is 2.06 bits per heavy atom. The van der Waals surface area contributed by atoms with Crippen molar-refractivity contribution in [1.82, 2.24) is 0 Å². The number of nitrogens with two attached hydrogens (primary N) is 1. The molecule has 1 unspecified atom stereocenters. The van der Waals surface area contributed by atoms with E-state index in [9.17, 15) is 0 Å². The third-order valence-electron chi connectivity index (χ3n) is 3.30. The van der Waals surface area contributed by atoms with Crippen LogP contribution >= 0.6 is 11.8 Å². The molecule has 1 fully saturated rings. The number of ether oxygens (including phenoxy) is 1.